The average molecular weight is 367 g/mol. The number of benzene rings is 1. The average Bonchev–Trinajstić information content (AvgIpc) is 3.10. The molecule has 1 unspecified atom stereocenters. The van der Waals surface area contributed by atoms with Crippen LogP contribution in [-0.4, -0.2) is 50.9 Å². The highest BCUT2D eigenvalue weighted by atomic mass is 32.2. The van der Waals surface area contributed by atoms with Gasteiger partial charge in [-0.05, 0) is 38.0 Å². The monoisotopic (exact) mass is 367 g/mol. The molecule has 2 aliphatic rings. The van der Waals surface area contributed by atoms with Crippen LogP contribution in [0, 0.1) is 0 Å². The van der Waals surface area contributed by atoms with Crippen LogP contribution in [0.5, 0.6) is 5.75 Å². The highest BCUT2D eigenvalue weighted by Gasteiger charge is 2.26. The third kappa shape index (κ3) is 3.93. The lowest BCUT2D eigenvalue weighted by atomic mass is 10.2. The van der Waals surface area contributed by atoms with Crippen molar-refractivity contribution < 1.29 is 22.7 Å². The molecule has 0 spiro atoms. The van der Waals surface area contributed by atoms with Crippen LogP contribution in [0.3, 0.4) is 0 Å². The lowest BCUT2D eigenvalue weighted by Crippen LogP contribution is -2.35. The highest BCUT2D eigenvalue weighted by molar-refractivity contribution is 7.89. The fourth-order valence-corrected chi connectivity index (χ4v) is 3.91. The molecule has 0 aromatic heterocycles. The Kier molecular flexibility index (Phi) is 4.96. The molecular formula is C16H21N3O5S. The summed E-state index contributed by atoms with van der Waals surface area (Å²) in [6.07, 6.45) is 1.50. The number of anilines is 1. The second-order valence-corrected chi connectivity index (χ2v) is 7.91. The zero-order chi connectivity index (χ0) is 18.0. The standard InChI is InChI=1S/C16H21N3O5S/c1-11-16(21)18-13-10-12(4-5-14(13)24-11)25(22,23)17-7-6-15(20)19-8-2-3-9-19/h4-5,10-11,17H,2-3,6-9H2,1H3,(H,18,21). The Balaban J connectivity index is 1.63. The van der Waals surface area contributed by atoms with Crippen LogP contribution in [0.4, 0.5) is 5.69 Å². The lowest BCUT2D eigenvalue weighted by molar-refractivity contribution is -0.130. The smallest absolute Gasteiger partial charge is 0.265 e. The third-order valence-corrected chi connectivity index (χ3v) is 5.74. The van der Waals surface area contributed by atoms with E-state index in [1.165, 1.54) is 18.2 Å². The maximum Gasteiger partial charge on any atom is 0.265 e. The van der Waals surface area contributed by atoms with Gasteiger partial charge in [0.15, 0.2) is 6.10 Å². The molecule has 2 aliphatic heterocycles. The fourth-order valence-electron chi connectivity index (χ4n) is 2.86. The van der Waals surface area contributed by atoms with Gasteiger partial charge < -0.3 is 15.0 Å². The van der Waals surface area contributed by atoms with E-state index < -0.39 is 16.1 Å². The number of hydrogen-bond acceptors (Lipinski definition) is 5. The van der Waals surface area contributed by atoms with E-state index in [0.29, 0.717) is 11.4 Å². The molecule has 9 heteroatoms. The molecule has 1 fully saturated rings. The first-order valence-corrected chi connectivity index (χ1v) is 9.74. The minimum atomic E-state index is -3.77. The summed E-state index contributed by atoms with van der Waals surface area (Å²) < 4.78 is 32.6. The molecule has 3 rings (SSSR count). The van der Waals surface area contributed by atoms with Crippen LogP contribution in [0.25, 0.3) is 0 Å². The van der Waals surface area contributed by atoms with Gasteiger partial charge in [-0.15, -0.1) is 0 Å². The zero-order valence-electron chi connectivity index (χ0n) is 13.9. The van der Waals surface area contributed by atoms with Crippen molar-refractivity contribution in [1.29, 1.82) is 0 Å². The molecule has 0 bridgehead atoms. The van der Waals surface area contributed by atoms with Crippen molar-refractivity contribution in [2.24, 2.45) is 0 Å². The highest BCUT2D eigenvalue weighted by Crippen LogP contribution is 2.31. The Morgan fingerprint density at radius 2 is 2.08 bits per heavy atom. The van der Waals surface area contributed by atoms with Gasteiger partial charge in [0.05, 0.1) is 10.6 Å². The van der Waals surface area contributed by atoms with Gasteiger partial charge in [0, 0.05) is 26.1 Å². The molecule has 0 radical (unpaired) electrons. The summed E-state index contributed by atoms with van der Waals surface area (Å²) in [5, 5.41) is 2.62. The molecule has 1 aromatic rings. The van der Waals surface area contributed by atoms with Crippen LogP contribution in [-0.2, 0) is 19.6 Å². The summed E-state index contributed by atoms with van der Waals surface area (Å²) in [4.78, 5) is 25.4. The van der Waals surface area contributed by atoms with Crippen molar-refractivity contribution >= 4 is 27.5 Å². The Bertz CT molecular complexity index is 787. The Morgan fingerprint density at radius 1 is 1.36 bits per heavy atom. The lowest BCUT2D eigenvalue weighted by Gasteiger charge is -2.23. The number of nitrogens with zero attached hydrogens (tertiary/aromatic N) is 1. The van der Waals surface area contributed by atoms with Crippen LogP contribution in [0.2, 0.25) is 0 Å². The molecule has 136 valence electrons. The van der Waals surface area contributed by atoms with E-state index in [4.69, 9.17) is 4.74 Å². The second-order valence-electron chi connectivity index (χ2n) is 6.14. The molecule has 1 saturated heterocycles. The summed E-state index contributed by atoms with van der Waals surface area (Å²) in [7, 11) is -3.77. The predicted octanol–water partition coefficient (Wildman–Crippen LogP) is 0.697. The molecule has 2 heterocycles. The van der Waals surface area contributed by atoms with Gasteiger partial charge in [-0.3, -0.25) is 9.59 Å². The Morgan fingerprint density at radius 3 is 2.80 bits per heavy atom. The van der Waals surface area contributed by atoms with Crippen molar-refractivity contribution in [3.63, 3.8) is 0 Å². The van der Waals surface area contributed by atoms with E-state index >= 15 is 0 Å². The summed E-state index contributed by atoms with van der Waals surface area (Å²) in [6, 6.07) is 4.27. The number of rotatable bonds is 5. The maximum atomic E-state index is 12.4. The third-order valence-electron chi connectivity index (χ3n) is 4.28. The molecule has 0 aliphatic carbocycles. The van der Waals surface area contributed by atoms with Crippen molar-refractivity contribution in [2.75, 3.05) is 25.0 Å². The first-order valence-electron chi connectivity index (χ1n) is 8.26. The van der Waals surface area contributed by atoms with Crippen molar-refractivity contribution in [3.05, 3.63) is 18.2 Å². The van der Waals surface area contributed by atoms with E-state index in [0.717, 1.165) is 25.9 Å². The molecule has 2 N–H and O–H groups in total. The van der Waals surface area contributed by atoms with Gasteiger partial charge in [-0.1, -0.05) is 0 Å². The number of ether oxygens (including phenoxy) is 1. The normalized spacial score (nSPS) is 20.0. The first-order chi connectivity index (χ1) is 11.9. The van der Waals surface area contributed by atoms with Gasteiger partial charge in [0.1, 0.15) is 5.75 Å². The molecular weight excluding hydrogens is 346 g/mol. The number of carbonyl (C=O) groups is 2. The van der Waals surface area contributed by atoms with E-state index in [-0.39, 0.29) is 29.7 Å². The van der Waals surface area contributed by atoms with E-state index in [9.17, 15) is 18.0 Å². The van der Waals surface area contributed by atoms with Crippen molar-refractivity contribution in [3.8, 4) is 5.75 Å². The maximum absolute atomic E-state index is 12.4. The SMILES string of the molecule is CC1Oc2ccc(S(=O)(=O)NCCC(=O)N3CCCC3)cc2NC1=O. The van der Waals surface area contributed by atoms with Gasteiger partial charge in [0.25, 0.3) is 5.91 Å². The van der Waals surface area contributed by atoms with Crippen LogP contribution >= 0.6 is 0 Å². The largest absolute Gasteiger partial charge is 0.479 e. The number of likely N-dealkylation sites (tertiary alicyclic amines) is 1. The quantitative estimate of drug-likeness (QED) is 0.797. The number of hydrogen-bond donors (Lipinski definition) is 2. The van der Waals surface area contributed by atoms with Gasteiger partial charge >= 0.3 is 0 Å². The topological polar surface area (TPSA) is 105 Å². The molecule has 0 saturated carbocycles. The van der Waals surface area contributed by atoms with Crippen LogP contribution in [0.1, 0.15) is 26.2 Å². The second kappa shape index (κ2) is 7.01. The molecule has 8 nitrogen and oxygen atoms in total. The van der Waals surface area contributed by atoms with E-state index in [1.54, 1.807) is 11.8 Å². The number of nitrogens with one attached hydrogen (secondary N) is 2. The zero-order valence-corrected chi connectivity index (χ0v) is 14.8. The Hall–Kier alpha value is -2.13. The molecule has 1 aromatic carbocycles. The van der Waals surface area contributed by atoms with Crippen molar-refractivity contribution in [1.82, 2.24) is 9.62 Å². The summed E-state index contributed by atoms with van der Waals surface area (Å²) in [5.74, 6) is 0.0572. The number of carbonyl (C=O) groups excluding carboxylic acids is 2. The predicted molar refractivity (Wildman–Crippen MR) is 90.8 cm³/mol. The summed E-state index contributed by atoms with van der Waals surface area (Å²) >= 11 is 0. The molecule has 2 amide bonds. The number of fused-ring (bicyclic) bond motifs is 1. The fraction of sp³-hybridized carbons (Fsp3) is 0.500. The van der Waals surface area contributed by atoms with Crippen LogP contribution < -0.4 is 14.8 Å². The van der Waals surface area contributed by atoms with Crippen molar-refractivity contribution in [2.45, 2.75) is 37.2 Å². The van der Waals surface area contributed by atoms with E-state index in [1.807, 2.05) is 0 Å². The first kappa shape index (κ1) is 17.7. The number of sulfonamides is 1. The van der Waals surface area contributed by atoms with Gasteiger partial charge in [-0.25, -0.2) is 13.1 Å². The Labute approximate surface area is 146 Å². The minimum Gasteiger partial charge on any atom is -0.479 e. The van der Waals surface area contributed by atoms with Gasteiger partial charge in [0.2, 0.25) is 15.9 Å². The summed E-state index contributed by atoms with van der Waals surface area (Å²) in [6.45, 7) is 3.14. The summed E-state index contributed by atoms with van der Waals surface area (Å²) in [5.41, 5.74) is 0.319. The van der Waals surface area contributed by atoms with E-state index in [2.05, 4.69) is 10.0 Å². The van der Waals surface area contributed by atoms with Gasteiger partial charge in [-0.2, -0.15) is 0 Å². The number of amides is 2. The molecule has 25 heavy (non-hydrogen) atoms. The minimum absolute atomic E-state index is 0.0123. The van der Waals surface area contributed by atoms with Crippen LogP contribution in [0.15, 0.2) is 23.1 Å². The molecule has 1 atom stereocenters.